The minimum atomic E-state index is -4.97. The Balaban J connectivity index is 2.77. The van der Waals surface area contributed by atoms with E-state index in [1.165, 1.54) is 6.92 Å². The SMILES string of the molecule is CCCC(=O)N(C(=O)c1sc(C)nc1C(F)(F)F)c1c(Cl)cc([N+](=O)[O-])cc1C#N. The van der Waals surface area contributed by atoms with E-state index < -0.39 is 55.4 Å². The van der Waals surface area contributed by atoms with Crippen molar-refractivity contribution in [3.63, 3.8) is 0 Å². The van der Waals surface area contributed by atoms with Gasteiger partial charge in [-0.2, -0.15) is 18.4 Å². The van der Waals surface area contributed by atoms with Crippen LogP contribution >= 0.6 is 22.9 Å². The van der Waals surface area contributed by atoms with Crippen LogP contribution < -0.4 is 4.90 Å². The number of nitro groups is 1. The van der Waals surface area contributed by atoms with Crippen LogP contribution in [0.2, 0.25) is 5.02 Å². The lowest BCUT2D eigenvalue weighted by atomic mass is 10.1. The van der Waals surface area contributed by atoms with E-state index in [1.54, 1.807) is 13.0 Å². The van der Waals surface area contributed by atoms with Gasteiger partial charge in [0.15, 0.2) is 5.69 Å². The number of alkyl halides is 3. The number of carbonyl (C=O) groups is 2. The summed E-state index contributed by atoms with van der Waals surface area (Å²) in [5, 5.41) is 19.8. The van der Waals surface area contributed by atoms with Gasteiger partial charge in [0.25, 0.3) is 11.6 Å². The quantitative estimate of drug-likeness (QED) is 0.463. The molecule has 1 aromatic carbocycles. The van der Waals surface area contributed by atoms with Gasteiger partial charge in [-0.1, -0.05) is 18.5 Å². The molecule has 30 heavy (non-hydrogen) atoms. The summed E-state index contributed by atoms with van der Waals surface area (Å²) in [5.41, 5.74) is -3.09. The first-order valence-corrected chi connectivity index (χ1v) is 9.41. The smallest absolute Gasteiger partial charge is 0.274 e. The van der Waals surface area contributed by atoms with Gasteiger partial charge < -0.3 is 0 Å². The average Bonchev–Trinajstić information content (AvgIpc) is 3.05. The number of hydrogen-bond donors (Lipinski definition) is 0. The summed E-state index contributed by atoms with van der Waals surface area (Å²) in [6.07, 6.45) is -4.97. The molecule has 0 saturated carbocycles. The lowest BCUT2D eigenvalue weighted by Crippen LogP contribution is -2.38. The molecule has 158 valence electrons. The van der Waals surface area contributed by atoms with Gasteiger partial charge in [-0.3, -0.25) is 19.7 Å². The third-order valence-electron chi connectivity index (χ3n) is 3.72. The summed E-state index contributed by atoms with van der Waals surface area (Å²) in [5.74, 6) is -2.30. The van der Waals surface area contributed by atoms with Crippen molar-refractivity contribution in [2.24, 2.45) is 0 Å². The number of carbonyl (C=O) groups excluding carboxylic acids is 2. The number of aromatic nitrogens is 1. The maximum Gasteiger partial charge on any atom is 0.435 e. The van der Waals surface area contributed by atoms with Crippen LogP contribution in [0.15, 0.2) is 12.1 Å². The lowest BCUT2D eigenvalue weighted by Gasteiger charge is -2.23. The van der Waals surface area contributed by atoms with Crippen molar-refractivity contribution in [1.29, 1.82) is 5.26 Å². The molecular formula is C17H12ClF3N4O4S. The Bertz CT molecular complexity index is 1080. The maximum absolute atomic E-state index is 13.3. The summed E-state index contributed by atoms with van der Waals surface area (Å²) < 4.78 is 40.0. The monoisotopic (exact) mass is 460 g/mol. The first-order chi connectivity index (χ1) is 13.9. The molecule has 1 heterocycles. The Labute approximate surface area is 176 Å². The second-order valence-electron chi connectivity index (χ2n) is 5.89. The van der Waals surface area contributed by atoms with Crippen molar-refractivity contribution in [2.75, 3.05) is 4.90 Å². The number of anilines is 1. The van der Waals surface area contributed by atoms with Crippen LogP contribution in [-0.4, -0.2) is 21.7 Å². The van der Waals surface area contributed by atoms with Crippen molar-refractivity contribution < 1.29 is 27.7 Å². The topological polar surface area (TPSA) is 117 Å². The summed E-state index contributed by atoms with van der Waals surface area (Å²) in [4.78, 5) is 38.7. The van der Waals surface area contributed by atoms with Gasteiger partial charge in [0, 0.05) is 18.6 Å². The Morgan fingerprint density at radius 2 is 2.03 bits per heavy atom. The van der Waals surface area contributed by atoms with E-state index in [9.17, 15) is 38.1 Å². The lowest BCUT2D eigenvalue weighted by molar-refractivity contribution is -0.384. The second-order valence-corrected chi connectivity index (χ2v) is 7.50. The summed E-state index contributed by atoms with van der Waals surface area (Å²) >= 11 is 6.45. The summed E-state index contributed by atoms with van der Waals surface area (Å²) in [7, 11) is 0. The number of amides is 2. The number of hydrogen-bond acceptors (Lipinski definition) is 7. The zero-order chi connectivity index (χ0) is 22.8. The summed E-state index contributed by atoms with van der Waals surface area (Å²) in [6, 6.07) is 3.18. The molecule has 0 unspecified atom stereocenters. The average molecular weight is 461 g/mol. The number of nitro benzene ring substituents is 1. The van der Waals surface area contributed by atoms with Crippen molar-refractivity contribution in [1.82, 2.24) is 4.98 Å². The molecule has 0 bridgehead atoms. The standard InChI is InChI=1S/C17H12ClF3N4O4S/c1-3-4-12(26)24(13-9(7-22)5-10(25(28)29)6-11(13)18)16(27)14-15(17(19,20)21)23-8(2)30-14/h5-6H,3-4H2,1-2H3. The molecule has 2 rings (SSSR count). The highest BCUT2D eigenvalue weighted by molar-refractivity contribution is 7.14. The highest BCUT2D eigenvalue weighted by Crippen LogP contribution is 2.39. The minimum absolute atomic E-state index is 0.0659. The number of nitriles is 1. The molecule has 0 N–H and O–H groups in total. The van der Waals surface area contributed by atoms with Crippen molar-refractivity contribution >= 4 is 46.1 Å². The third kappa shape index (κ3) is 4.58. The summed E-state index contributed by atoms with van der Waals surface area (Å²) in [6.45, 7) is 2.86. The third-order valence-corrected chi connectivity index (χ3v) is 4.96. The van der Waals surface area contributed by atoms with Crippen LogP contribution in [0.1, 0.15) is 45.7 Å². The van der Waals surface area contributed by atoms with E-state index in [1.807, 2.05) is 0 Å². The first kappa shape index (κ1) is 23.2. The van der Waals surface area contributed by atoms with Gasteiger partial charge in [-0.15, -0.1) is 11.3 Å². The molecule has 0 aliphatic carbocycles. The van der Waals surface area contributed by atoms with Crippen LogP contribution in [0.5, 0.6) is 0 Å². The van der Waals surface area contributed by atoms with Crippen molar-refractivity contribution in [2.45, 2.75) is 32.9 Å². The minimum Gasteiger partial charge on any atom is -0.274 e. The van der Waals surface area contributed by atoms with E-state index in [4.69, 9.17) is 11.6 Å². The Kier molecular flexibility index (Phi) is 6.79. The zero-order valence-electron chi connectivity index (χ0n) is 15.4. The molecule has 13 heteroatoms. The van der Waals surface area contributed by atoms with E-state index in [2.05, 4.69) is 4.98 Å². The molecule has 0 aliphatic heterocycles. The highest BCUT2D eigenvalue weighted by atomic mass is 35.5. The zero-order valence-corrected chi connectivity index (χ0v) is 17.0. The van der Waals surface area contributed by atoms with Gasteiger partial charge in [0.1, 0.15) is 10.9 Å². The number of benzene rings is 1. The number of nitrogens with zero attached hydrogens (tertiary/aromatic N) is 4. The van der Waals surface area contributed by atoms with Crippen LogP contribution in [0, 0.1) is 28.4 Å². The second kappa shape index (κ2) is 8.76. The fraction of sp³-hybridized carbons (Fsp3) is 0.294. The number of rotatable bonds is 5. The van der Waals surface area contributed by atoms with Crippen molar-refractivity contribution in [3.05, 3.63) is 48.4 Å². The number of non-ortho nitro benzene ring substituents is 1. The Morgan fingerprint density at radius 1 is 1.40 bits per heavy atom. The molecule has 2 amide bonds. The molecule has 2 aromatic rings. The number of thiazole rings is 1. The Morgan fingerprint density at radius 3 is 2.53 bits per heavy atom. The van der Waals surface area contributed by atoms with E-state index in [-0.39, 0.29) is 17.8 Å². The van der Waals surface area contributed by atoms with Gasteiger partial charge in [0.05, 0.1) is 26.2 Å². The normalized spacial score (nSPS) is 11.1. The molecule has 0 aliphatic rings. The molecular weight excluding hydrogens is 449 g/mol. The molecule has 0 spiro atoms. The fourth-order valence-electron chi connectivity index (χ4n) is 2.53. The van der Waals surface area contributed by atoms with Gasteiger partial charge in [-0.05, 0) is 13.3 Å². The van der Waals surface area contributed by atoms with Crippen molar-refractivity contribution in [3.8, 4) is 6.07 Å². The Hall–Kier alpha value is -3.04. The van der Waals surface area contributed by atoms with Gasteiger partial charge in [-0.25, -0.2) is 9.88 Å². The van der Waals surface area contributed by atoms with Crippen LogP contribution in [0.4, 0.5) is 24.5 Å². The molecule has 0 saturated heterocycles. The van der Waals surface area contributed by atoms with E-state index >= 15 is 0 Å². The van der Waals surface area contributed by atoms with Gasteiger partial charge in [0.2, 0.25) is 5.91 Å². The number of halogens is 4. The molecule has 0 fully saturated rings. The maximum atomic E-state index is 13.3. The molecule has 8 nitrogen and oxygen atoms in total. The van der Waals surface area contributed by atoms with Gasteiger partial charge >= 0.3 is 6.18 Å². The molecule has 0 radical (unpaired) electrons. The largest absolute Gasteiger partial charge is 0.435 e. The van der Waals surface area contributed by atoms with Crippen LogP contribution in [0.3, 0.4) is 0 Å². The fourth-order valence-corrected chi connectivity index (χ4v) is 3.70. The number of aryl methyl sites for hydroxylation is 1. The first-order valence-electron chi connectivity index (χ1n) is 8.22. The molecule has 0 atom stereocenters. The van der Waals surface area contributed by atoms with Crippen LogP contribution in [0.25, 0.3) is 0 Å². The molecule has 1 aromatic heterocycles. The predicted octanol–water partition coefficient (Wildman–Crippen LogP) is 4.88. The highest BCUT2D eigenvalue weighted by Gasteiger charge is 2.42. The van der Waals surface area contributed by atoms with Crippen LogP contribution in [-0.2, 0) is 11.0 Å². The van der Waals surface area contributed by atoms with E-state index in [0.717, 1.165) is 12.1 Å². The van der Waals surface area contributed by atoms with E-state index in [0.29, 0.717) is 16.2 Å². The number of imide groups is 1. The predicted molar refractivity (Wildman–Crippen MR) is 101 cm³/mol.